The van der Waals surface area contributed by atoms with Crippen LogP contribution < -0.4 is 5.73 Å². The Hall–Kier alpha value is -1.92. The Labute approximate surface area is 134 Å². The first kappa shape index (κ1) is 14.0. The van der Waals surface area contributed by atoms with E-state index < -0.39 is 0 Å². The molecule has 0 radical (unpaired) electrons. The zero-order valence-electron chi connectivity index (χ0n) is 11.1. The molecule has 106 valence electrons. The molecule has 0 aliphatic rings. The second kappa shape index (κ2) is 5.46. The normalized spacial score (nSPS) is 10.8. The van der Waals surface area contributed by atoms with E-state index in [1.54, 1.807) is 10.7 Å². The van der Waals surface area contributed by atoms with Gasteiger partial charge in [0, 0.05) is 10.0 Å². The van der Waals surface area contributed by atoms with Crippen LogP contribution in [0.1, 0.15) is 5.56 Å². The van der Waals surface area contributed by atoms with Gasteiger partial charge in [0.1, 0.15) is 0 Å². The largest absolute Gasteiger partial charge is 0.398 e. The monoisotopic (exact) mass is 363 g/mol. The summed E-state index contributed by atoms with van der Waals surface area (Å²) in [6, 6.07) is 11.3. The molecule has 1 aromatic heterocycles. The molecule has 0 saturated heterocycles. The zero-order valence-corrected chi connectivity index (χ0v) is 13.4. The lowest BCUT2D eigenvalue weighted by Crippen LogP contribution is -2.01. The summed E-state index contributed by atoms with van der Waals surface area (Å²) in [7, 11) is 0. The molecule has 7 heteroatoms. The van der Waals surface area contributed by atoms with E-state index in [1.165, 1.54) is 0 Å². The van der Waals surface area contributed by atoms with Crippen molar-refractivity contribution in [1.29, 1.82) is 0 Å². The van der Waals surface area contributed by atoms with Crippen molar-refractivity contribution in [3.8, 4) is 17.1 Å². The number of nitrogens with zero attached hydrogens (tertiary/aromatic N) is 4. The van der Waals surface area contributed by atoms with Crippen molar-refractivity contribution in [2.24, 2.45) is 0 Å². The second-order valence-corrected chi connectivity index (χ2v) is 5.90. The van der Waals surface area contributed by atoms with Crippen molar-refractivity contribution in [3.05, 3.63) is 51.5 Å². The van der Waals surface area contributed by atoms with Gasteiger partial charge in [0.05, 0.1) is 16.4 Å². The second-order valence-electron chi connectivity index (χ2n) is 4.61. The molecule has 2 aromatic carbocycles. The van der Waals surface area contributed by atoms with Crippen LogP contribution in [0, 0.1) is 6.92 Å². The maximum absolute atomic E-state index is 6.26. The predicted molar refractivity (Wildman–Crippen MR) is 86.4 cm³/mol. The summed E-state index contributed by atoms with van der Waals surface area (Å²) in [4.78, 5) is 0. The lowest BCUT2D eigenvalue weighted by atomic mass is 10.1. The molecular formula is C14H11BrClN5. The average molecular weight is 365 g/mol. The van der Waals surface area contributed by atoms with E-state index in [-0.39, 0.29) is 0 Å². The smallest absolute Gasteiger partial charge is 0.188 e. The summed E-state index contributed by atoms with van der Waals surface area (Å²) < 4.78 is 2.59. The standard InChI is InChI=1S/C14H11BrClN5/c1-8-5-9(15)7-10(6-8)21-14(18-19-20-21)11-3-2-4-12(17)13(11)16/h2-7H,17H2,1H3. The van der Waals surface area contributed by atoms with Crippen molar-refractivity contribution < 1.29 is 0 Å². The molecule has 1 heterocycles. The highest BCUT2D eigenvalue weighted by Crippen LogP contribution is 2.32. The zero-order chi connectivity index (χ0) is 15.0. The lowest BCUT2D eigenvalue weighted by molar-refractivity contribution is 0.790. The summed E-state index contributed by atoms with van der Waals surface area (Å²) in [6.45, 7) is 2.01. The summed E-state index contributed by atoms with van der Waals surface area (Å²) in [6.07, 6.45) is 0. The van der Waals surface area contributed by atoms with Crippen LogP contribution in [-0.4, -0.2) is 20.2 Å². The lowest BCUT2D eigenvalue weighted by Gasteiger charge is -2.08. The maximum Gasteiger partial charge on any atom is 0.188 e. The molecule has 2 N–H and O–H groups in total. The predicted octanol–water partition coefficient (Wildman–Crippen LogP) is 3.64. The Balaban J connectivity index is 2.19. The topological polar surface area (TPSA) is 69.6 Å². The van der Waals surface area contributed by atoms with E-state index in [2.05, 4.69) is 31.5 Å². The van der Waals surface area contributed by atoms with Crippen molar-refractivity contribution in [1.82, 2.24) is 20.2 Å². The number of aromatic nitrogens is 4. The molecule has 0 aliphatic heterocycles. The number of halogens is 2. The highest BCUT2D eigenvalue weighted by Gasteiger charge is 2.15. The van der Waals surface area contributed by atoms with Crippen LogP contribution in [0.2, 0.25) is 5.02 Å². The van der Waals surface area contributed by atoms with Gasteiger partial charge in [-0.2, -0.15) is 4.68 Å². The first-order chi connectivity index (χ1) is 10.1. The number of nitrogens with two attached hydrogens (primary N) is 1. The Morgan fingerprint density at radius 1 is 1.24 bits per heavy atom. The van der Waals surface area contributed by atoms with Crippen LogP contribution in [0.5, 0.6) is 0 Å². The van der Waals surface area contributed by atoms with Gasteiger partial charge in [0.25, 0.3) is 0 Å². The number of aryl methyl sites for hydroxylation is 1. The Morgan fingerprint density at radius 2 is 2.05 bits per heavy atom. The maximum atomic E-state index is 6.26. The molecular weight excluding hydrogens is 354 g/mol. The molecule has 21 heavy (non-hydrogen) atoms. The quantitative estimate of drug-likeness (QED) is 0.705. The van der Waals surface area contributed by atoms with Crippen molar-refractivity contribution in [2.75, 3.05) is 5.73 Å². The SMILES string of the molecule is Cc1cc(Br)cc(-n2nnnc2-c2cccc(N)c2Cl)c1. The third-order valence-electron chi connectivity index (χ3n) is 3.01. The summed E-state index contributed by atoms with van der Waals surface area (Å²) in [5.74, 6) is 0.546. The number of nitrogen functional groups attached to an aromatic ring is 1. The van der Waals surface area contributed by atoms with Crippen LogP contribution in [0.4, 0.5) is 5.69 Å². The number of rotatable bonds is 2. The van der Waals surface area contributed by atoms with Gasteiger partial charge in [-0.25, -0.2) is 0 Å². The van der Waals surface area contributed by atoms with Gasteiger partial charge in [0.2, 0.25) is 0 Å². The molecule has 0 fully saturated rings. The molecule has 0 unspecified atom stereocenters. The van der Waals surface area contributed by atoms with E-state index >= 15 is 0 Å². The van der Waals surface area contributed by atoms with Crippen LogP contribution in [0.3, 0.4) is 0 Å². The molecule has 3 aromatic rings. The molecule has 0 atom stereocenters. The van der Waals surface area contributed by atoms with E-state index in [0.717, 1.165) is 15.7 Å². The number of hydrogen-bond donors (Lipinski definition) is 1. The molecule has 0 amide bonds. The fraction of sp³-hybridized carbons (Fsp3) is 0.0714. The minimum Gasteiger partial charge on any atom is -0.398 e. The van der Waals surface area contributed by atoms with E-state index in [1.807, 2.05) is 37.3 Å². The Kier molecular flexibility index (Phi) is 3.65. The van der Waals surface area contributed by atoms with Crippen LogP contribution in [-0.2, 0) is 0 Å². The van der Waals surface area contributed by atoms with Crippen molar-refractivity contribution in [3.63, 3.8) is 0 Å². The van der Waals surface area contributed by atoms with Gasteiger partial charge < -0.3 is 5.73 Å². The minimum atomic E-state index is 0.445. The molecule has 0 saturated carbocycles. The highest BCUT2D eigenvalue weighted by atomic mass is 79.9. The number of hydrogen-bond acceptors (Lipinski definition) is 4. The van der Waals surface area contributed by atoms with E-state index in [9.17, 15) is 0 Å². The van der Waals surface area contributed by atoms with Gasteiger partial charge >= 0.3 is 0 Å². The first-order valence-electron chi connectivity index (χ1n) is 6.16. The molecule has 0 bridgehead atoms. The fourth-order valence-electron chi connectivity index (χ4n) is 2.09. The van der Waals surface area contributed by atoms with Crippen LogP contribution in [0.25, 0.3) is 17.1 Å². The fourth-order valence-corrected chi connectivity index (χ4v) is 2.90. The molecule has 0 aliphatic carbocycles. The van der Waals surface area contributed by atoms with E-state index in [4.69, 9.17) is 17.3 Å². The number of benzene rings is 2. The molecule has 0 spiro atoms. The number of tetrazole rings is 1. The van der Waals surface area contributed by atoms with Crippen molar-refractivity contribution in [2.45, 2.75) is 6.92 Å². The first-order valence-corrected chi connectivity index (χ1v) is 7.33. The van der Waals surface area contributed by atoms with Gasteiger partial charge in [-0.3, -0.25) is 0 Å². The summed E-state index contributed by atoms with van der Waals surface area (Å²) in [5.41, 5.74) is 8.98. The van der Waals surface area contributed by atoms with Gasteiger partial charge in [-0.05, 0) is 53.2 Å². The van der Waals surface area contributed by atoms with Gasteiger partial charge in [-0.1, -0.05) is 33.6 Å². The summed E-state index contributed by atoms with van der Waals surface area (Å²) in [5, 5.41) is 12.3. The molecule has 3 rings (SSSR count). The van der Waals surface area contributed by atoms with Gasteiger partial charge in [0.15, 0.2) is 5.82 Å². The van der Waals surface area contributed by atoms with Crippen LogP contribution >= 0.6 is 27.5 Å². The Bertz CT molecular complexity index is 795. The third kappa shape index (κ3) is 2.64. The number of anilines is 1. The van der Waals surface area contributed by atoms with Gasteiger partial charge in [-0.15, -0.1) is 5.10 Å². The Morgan fingerprint density at radius 3 is 2.81 bits per heavy atom. The minimum absolute atomic E-state index is 0.445. The van der Waals surface area contributed by atoms with E-state index in [0.29, 0.717) is 22.1 Å². The third-order valence-corrected chi connectivity index (χ3v) is 3.89. The average Bonchev–Trinajstić information content (AvgIpc) is 2.90. The summed E-state index contributed by atoms with van der Waals surface area (Å²) >= 11 is 9.74. The van der Waals surface area contributed by atoms with Crippen molar-refractivity contribution >= 4 is 33.2 Å². The van der Waals surface area contributed by atoms with Crippen LogP contribution in [0.15, 0.2) is 40.9 Å². The highest BCUT2D eigenvalue weighted by molar-refractivity contribution is 9.10. The molecule has 5 nitrogen and oxygen atoms in total.